The highest BCUT2D eigenvalue weighted by Crippen LogP contribution is 2.36. The first-order chi connectivity index (χ1) is 16.5. The Hall–Kier alpha value is -3.47. The van der Waals surface area contributed by atoms with Crippen LogP contribution in [0.4, 0.5) is 0 Å². The van der Waals surface area contributed by atoms with Gasteiger partial charge in [0, 0.05) is 21.0 Å². The van der Waals surface area contributed by atoms with Gasteiger partial charge >= 0.3 is 5.97 Å². The highest BCUT2D eigenvalue weighted by Gasteiger charge is 2.14. The number of hydrogen-bond acceptors (Lipinski definition) is 5. The number of pyridine rings is 1. The largest absolute Gasteiger partial charge is 0.495 e. The first-order valence-electron chi connectivity index (χ1n) is 10.9. The molecule has 5 nitrogen and oxygen atoms in total. The molecule has 0 unspecified atom stereocenters. The van der Waals surface area contributed by atoms with Gasteiger partial charge in [-0.05, 0) is 60.9 Å². The van der Waals surface area contributed by atoms with Crippen molar-refractivity contribution in [2.45, 2.75) is 32.8 Å². The monoisotopic (exact) mass is 505 g/mol. The van der Waals surface area contributed by atoms with Gasteiger partial charge in [-0.15, -0.1) is 17.3 Å². The molecule has 0 fully saturated rings. The minimum Gasteiger partial charge on any atom is -0.495 e. The summed E-state index contributed by atoms with van der Waals surface area (Å²) in [5, 5.41) is 12.4. The van der Waals surface area contributed by atoms with Crippen LogP contribution in [0.3, 0.4) is 0 Å². The summed E-state index contributed by atoms with van der Waals surface area (Å²) in [5.74, 6) is 6.06. The Balaban J connectivity index is 0.00000342. The van der Waals surface area contributed by atoms with E-state index >= 15 is 0 Å². The number of hydrogen-bond donors (Lipinski definition) is 1. The number of aromatic nitrogens is 1. The van der Waals surface area contributed by atoms with Crippen LogP contribution in [0.25, 0.3) is 21.3 Å². The number of fused-ring (bicyclic) bond motifs is 1. The van der Waals surface area contributed by atoms with E-state index in [0.717, 1.165) is 44.8 Å². The van der Waals surface area contributed by atoms with Crippen LogP contribution in [0.15, 0.2) is 60.1 Å². The standard InChI is InChI=1S/C28H25NO4S.H2S/c1-4-5-21(14-27(30)31)20-7-9-22(10-8-20)33-16-19-6-11-26-24(13-19)25(17-34-26)28-18(2)12-23(32-3)15-29-28;/h6-13,15,17,21H,14,16H2,1-3H3,(H,30,31);1H2/t21-;/m0./s1. The molecular formula is C28H27NO4S2. The Morgan fingerprint density at radius 1 is 1.14 bits per heavy atom. The molecule has 4 aromatic rings. The van der Waals surface area contributed by atoms with E-state index in [-0.39, 0.29) is 25.8 Å². The molecule has 1 N–H and O–H groups in total. The van der Waals surface area contributed by atoms with Crippen LogP contribution in [0, 0.1) is 18.8 Å². The smallest absolute Gasteiger partial charge is 0.304 e. The number of aryl methyl sites for hydroxylation is 1. The molecule has 0 saturated carbocycles. The number of nitrogens with zero attached hydrogens (tertiary/aromatic N) is 1. The van der Waals surface area contributed by atoms with Crippen molar-refractivity contribution in [1.82, 2.24) is 4.98 Å². The van der Waals surface area contributed by atoms with Gasteiger partial charge in [0.05, 0.1) is 31.3 Å². The molecule has 180 valence electrons. The van der Waals surface area contributed by atoms with E-state index in [9.17, 15) is 4.79 Å². The lowest BCUT2D eigenvalue weighted by atomic mass is 9.96. The number of aliphatic carboxylic acids is 1. The maximum absolute atomic E-state index is 11.1. The van der Waals surface area contributed by atoms with Gasteiger partial charge in [-0.2, -0.15) is 13.5 Å². The van der Waals surface area contributed by atoms with Crippen LogP contribution in [0.5, 0.6) is 11.5 Å². The molecule has 0 aliphatic rings. The summed E-state index contributed by atoms with van der Waals surface area (Å²) >= 11 is 1.70. The van der Waals surface area contributed by atoms with Crippen LogP contribution < -0.4 is 9.47 Å². The maximum atomic E-state index is 11.1. The number of carboxylic acid groups (broad SMARTS) is 1. The fourth-order valence-corrected chi connectivity index (χ4v) is 4.78. The molecule has 0 radical (unpaired) electrons. The van der Waals surface area contributed by atoms with Gasteiger partial charge in [0.2, 0.25) is 0 Å². The Bertz CT molecular complexity index is 1380. The highest BCUT2D eigenvalue weighted by atomic mass is 32.1. The van der Waals surface area contributed by atoms with E-state index in [2.05, 4.69) is 40.4 Å². The van der Waals surface area contributed by atoms with Crippen LogP contribution >= 0.6 is 24.8 Å². The fraction of sp³-hybridized carbons (Fsp3) is 0.214. The molecule has 2 aromatic carbocycles. The minimum atomic E-state index is -0.865. The predicted molar refractivity (Wildman–Crippen MR) is 146 cm³/mol. The molecule has 4 rings (SSSR count). The minimum absolute atomic E-state index is 0. The van der Waals surface area contributed by atoms with E-state index in [1.807, 2.05) is 37.3 Å². The zero-order valence-electron chi connectivity index (χ0n) is 19.8. The van der Waals surface area contributed by atoms with Gasteiger partial charge in [-0.25, -0.2) is 0 Å². The summed E-state index contributed by atoms with van der Waals surface area (Å²) in [6.07, 6.45) is 1.72. The van der Waals surface area contributed by atoms with Gasteiger partial charge in [0.25, 0.3) is 0 Å². The number of benzene rings is 2. The lowest BCUT2D eigenvalue weighted by Crippen LogP contribution is -2.04. The van der Waals surface area contributed by atoms with E-state index in [4.69, 9.17) is 14.6 Å². The number of carbonyl (C=O) groups is 1. The summed E-state index contributed by atoms with van der Waals surface area (Å²) in [6, 6.07) is 15.8. The summed E-state index contributed by atoms with van der Waals surface area (Å²) in [5.41, 5.74) is 5.05. The fourth-order valence-electron chi connectivity index (χ4n) is 3.86. The number of ether oxygens (including phenoxy) is 2. The summed E-state index contributed by atoms with van der Waals surface area (Å²) in [4.78, 5) is 15.7. The first-order valence-corrected chi connectivity index (χ1v) is 11.7. The van der Waals surface area contributed by atoms with Crippen molar-refractivity contribution in [3.63, 3.8) is 0 Å². The predicted octanol–water partition coefficient (Wildman–Crippen LogP) is 6.55. The van der Waals surface area contributed by atoms with Crippen molar-refractivity contribution >= 4 is 40.9 Å². The number of carboxylic acids is 1. The second-order valence-corrected chi connectivity index (χ2v) is 8.83. The van der Waals surface area contributed by atoms with Crippen molar-refractivity contribution < 1.29 is 19.4 Å². The lowest BCUT2D eigenvalue weighted by Gasteiger charge is -2.11. The Morgan fingerprint density at radius 3 is 2.57 bits per heavy atom. The van der Waals surface area contributed by atoms with E-state index in [1.165, 1.54) is 4.70 Å². The van der Waals surface area contributed by atoms with E-state index < -0.39 is 5.97 Å². The van der Waals surface area contributed by atoms with Gasteiger partial charge in [0.15, 0.2) is 0 Å². The van der Waals surface area contributed by atoms with Crippen molar-refractivity contribution in [3.05, 3.63) is 76.8 Å². The van der Waals surface area contributed by atoms with Crippen LogP contribution in [0.2, 0.25) is 0 Å². The summed E-state index contributed by atoms with van der Waals surface area (Å²) < 4.78 is 12.5. The second kappa shape index (κ2) is 11.8. The van der Waals surface area contributed by atoms with Crippen molar-refractivity contribution in [2.24, 2.45) is 0 Å². The molecule has 2 heterocycles. The van der Waals surface area contributed by atoms with Gasteiger partial charge in [-0.1, -0.05) is 24.1 Å². The second-order valence-electron chi connectivity index (χ2n) is 7.92. The molecule has 7 heteroatoms. The normalized spacial score (nSPS) is 11.2. The molecule has 0 aliphatic heterocycles. The average Bonchev–Trinajstić information content (AvgIpc) is 3.25. The van der Waals surface area contributed by atoms with E-state index in [0.29, 0.717) is 6.61 Å². The molecule has 35 heavy (non-hydrogen) atoms. The Kier molecular flexibility index (Phi) is 8.80. The van der Waals surface area contributed by atoms with Crippen molar-refractivity contribution in [1.29, 1.82) is 0 Å². The molecule has 0 saturated heterocycles. The van der Waals surface area contributed by atoms with E-state index in [1.54, 1.807) is 31.6 Å². The molecule has 0 amide bonds. The Labute approximate surface area is 216 Å². The third-order valence-corrected chi connectivity index (χ3v) is 6.53. The van der Waals surface area contributed by atoms with Crippen molar-refractivity contribution in [3.8, 4) is 34.6 Å². The first kappa shape index (κ1) is 26.1. The molecule has 1 atom stereocenters. The molecule has 0 bridgehead atoms. The highest BCUT2D eigenvalue weighted by molar-refractivity contribution is 7.59. The van der Waals surface area contributed by atoms with Gasteiger partial charge in [0.1, 0.15) is 18.1 Å². The third-order valence-electron chi connectivity index (χ3n) is 5.57. The SMILES string of the molecule is CC#C[C@@H](CC(=O)O)c1ccc(OCc2ccc3scc(-c4ncc(OC)cc4C)c3c2)cc1.S. The Morgan fingerprint density at radius 2 is 1.91 bits per heavy atom. The molecule has 0 spiro atoms. The van der Waals surface area contributed by atoms with Crippen LogP contribution in [-0.2, 0) is 11.4 Å². The maximum Gasteiger partial charge on any atom is 0.304 e. The quantitative estimate of drug-likeness (QED) is 0.275. The third kappa shape index (κ3) is 6.16. The van der Waals surface area contributed by atoms with Crippen LogP contribution in [0.1, 0.15) is 36.0 Å². The number of thiophene rings is 1. The lowest BCUT2D eigenvalue weighted by molar-refractivity contribution is -0.137. The summed E-state index contributed by atoms with van der Waals surface area (Å²) in [6.45, 7) is 4.18. The topological polar surface area (TPSA) is 68.7 Å². The van der Waals surface area contributed by atoms with Crippen molar-refractivity contribution in [2.75, 3.05) is 7.11 Å². The zero-order valence-corrected chi connectivity index (χ0v) is 21.6. The van der Waals surface area contributed by atoms with Gasteiger partial charge in [-0.3, -0.25) is 9.78 Å². The number of rotatable bonds is 8. The van der Waals surface area contributed by atoms with Crippen LogP contribution in [-0.4, -0.2) is 23.2 Å². The molecular weight excluding hydrogens is 478 g/mol. The molecule has 0 aliphatic carbocycles. The molecule has 2 aromatic heterocycles. The van der Waals surface area contributed by atoms with Gasteiger partial charge < -0.3 is 14.6 Å². The summed E-state index contributed by atoms with van der Waals surface area (Å²) in [7, 11) is 1.64. The zero-order chi connectivity index (χ0) is 24.1. The average molecular weight is 506 g/mol. The number of methoxy groups -OCH3 is 1.